The van der Waals surface area contributed by atoms with E-state index in [0.717, 1.165) is 38.5 Å². The van der Waals surface area contributed by atoms with Gasteiger partial charge in [0.05, 0.1) is 10.6 Å². The molecule has 1 N–H and O–H groups in total. The molecule has 0 fully saturated rings. The van der Waals surface area contributed by atoms with Crippen LogP contribution < -0.4 is 10.1 Å². The third-order valence-electron chi connectivity index (χ3n) is 3.99. The highest BCUT2D eigenvalue weighted by molar-refractivity contribution is 7.97. The van der Waals surface area contributed by atoms with Crippen molar-refractivity contribution in [3.63, 3.8) is 0 Å². The largest absolute Gasteiger partial charge is 0.457 e. The predicted octanol–water partition coefficient (Wildman–Crippen LogP) is 6.79. The van der Waals surface area contributed by atoms with E-state index in [0.29, 0.717) is 4.88 Å². The number of nitrogens with one attached hydrogen (secondary N) is 1. The van der Waals surface area contributed by atoms with Gasteiger partial charge in [0.15, 0.2) is 5.13 Å². The Labute approximate surface area is 176 Å². The molecule has 0 spiro atoms. The highest BCUT2D eigenvalue weighted by Gasteiger charge is 2.14. The highest BCUT2D eigenvalue weighted by Crippen LogP contribution is 2.34. The molecule has 0 aliphatic carbocycles. The van der Waals surface area contributed by atoms with Crippen LogP contribution in [0, 0.1) is 6.92 Å². The highest BCUT2D eigenvalue weighted by atomic mass is 32.1. The number of carbonyl (C=O) groups excluding carboxylic acids is 1. The second-order valence-corrected chi connectivity index (χ2v) is 8.51. The van der Waals surface area contributed by atoms with Gasteiger partial charge < -0.3 is 10.1 Å². The molecule has 2 heterocycles. The first-order chi connectivity index (χ1) is 13.6. The molecular formula is C21H16N2O2S3. The van der Waals surface area contributed by atoms with Crippen LogP contribution in [0.4, 0.5) is 10.8 Å². The molecule has 4 aromatic rings. The minimum absolute atomic E-state index is 0.217. The lowest BCUT2D eigenvalue weighted by Gasteiger charge is -2.07. The van der Waals surface area contributed by atoms with Crippen LogP contribution in [0.3, 0.4) is 0 Å². The first-order valence-electron chi connectivity index (χ1n) is 8.48. The van der Waals surface area contributed by atoms with E-state index in [2.05, 4.69) is 22.9 Å². The number of anilines is 2. The van der Waals surface area contributed by atoms with Crippen molar-refractivity contribution >= 4 is 51.2 Å². The summed E-state index contributed by atoms with van der Waals surface area (Å²) in [6.07, 6.45) is 0. The van der Waals surface area contributed by atoms with Crippen molar-refractivity contribution in [2.75, 3.05) is 5.32 Å². The molecule has 0 aliphatic rings. The van der Waals surface area contributed by atoms with Crippen molar-refractivity contribution in [1.29, 1.82) is 0 Å². The van der Waals surface area contributed by atoms with E-state index in [-0.39, 0.29) is 5.12 Å². The number of carbonyl (C=O) groups is 1. The van der Waals surface area contributed by atoms with Crippen molar-refractivity contribution in [2.24, 2.45) is 0 Å². The number of ether oxygens (including phenoxy) is 1. The molecule has 4 nitrogen and oxygen atoms in total. The Morgan fingerprint density at radius 2 is 1.79 bits per heavy atom. The summed E-state index contributed by atoms with van der Waals surface area (Å²) in [6.45, 7) is 1.98. The second kappa shape index (κ2) is 8.18. The zero-order chi connectivity index (χ0) is 19.5. The van der Waals surface area contributed by atoms with Gasteiger partial charge in [0.1, 0.15) is 11.5 Å². The third kappa shape index (κ3) is 4.27. The maximum absolute atomic E-state index is 11.5. The summed E-state index contributed by atoms with van der Waals surface area (Å²) in [5.74, 6) is 1.58. The van der Waals surface area contributed by atoms with Crippen LogP contribution >= 0.6 is 35.3 Å². The molecule has 2 aromatic carbocycles. The number of rotatable bonds is 6. The Morgan fingerprint density at radius 3 is 2.46 bits per heavy atom. The number of thiol groups is 1. The zero-order valence-corrected chi connectivity index (χ0v) is 17.4. The summed E-state index contributed by atoms with van der Waals surface area (Å²) in [5, 5.41) is 5.86. The fraction of sp³-hybridized carbons (Fsp3) is 0.0476. The van der Waals surface area contributed by atoms with Gasteiger partial charge in [0, 0.05) is 21.5 Å². The molecule has 28 heavy (non-hydrogen) atoms. The lowest BCUT2D eigenvalue weighted by molar-refractivity contribution is 0.109. The number of aryl methyl sites for hydroxylation is 1. The van der Waals surface area contributed by atoms with Gasteiger partial charge in [-0.15, -0.1) is 22.7 Å². The molecule has 0 bridgehead atoms. The fourth-order valence-electron chi connectivity index (χ4n) is 2.65. The van der Waals surface area contributed by atoms with Crippen molar-refractivity contribution in [3.05, 3.63) is 75.8 Å². The average molecular weight is 425 g/mol. The van der Waals surface area contributed by atoms with Gasteiger partial charge in [-0.2, -0.15) is 0 Å². The lowest BCUT2D eigenvalue weighted by Crippen LogP contribution is -1.90. The quantitative estimate of drug-likeness (QED) is 0.335. The molecule has 0 atom stereocenters. The van der Waals surface area contributed by atoms with E-state index in [1.54, 1.807) is 0 Å². The standard InChI is InChI=1S/C21H16N2O2S3/c1-13-17(11-19(28-13)20(24)26)18-12-27-21(23-18)22-14-7-9-16(10-8-14)25-15-5-3-2-4-6-15/h2-12H,1H3,(H,22,23)(H,24,26). The Bertz CT molecular complexity index is 1100. The number of hydrogen-bond acceptors (Lipinski definition) is 6. The van der Waals surface area contributed by atoms with E-state index in [4.69, 9.17) is 4.74 Å². The van der Waals surface area contributed by atoms with Crippen LogP contribution in [-0.4, -0.2) is 10.1 Å². The Balaban J connectivity index is 1.46. The maximum atomic E-state index is 11.5. The molecule has 0 saturated heterocycles. The monoisotopic (exact) mass is 424 g/mol. The van der Waals surface area contributed by atoms with E-state index in [9.17, 15) is 4.79 Å². The van der Waals surface area contributed by atoms with Crippen LogP contribution in [0.1, 0.15) is 14.5 Å². The molecule has 2 aromatic heterocycles. The van der Waals surface area contributed by atoms with Gasteiger partial charge in [-0.05, 0) is 49.4 Å². The van der Waals surface area contributed by atoms with Crippen molar-refractivity contribution in [3.8, 4) is 22.8 Å². The summed E-state index contributed by atoms with van der Waals surface area (Å²) in [5.41, 5.74) is 2.75. The zero-order valence-electron chi connectivity index (χ0n) is 14.9. The minimum atomic E-state index is -0.217. The van der Waals surface area contributed by atoms with E-state index < -0.39 is 0 Å². The fourth-order valence-corrected chi connectivity index (χ4v) is 4.45. The molecule has 140 valence electrons. The topological polar surface area (TPSA) is 51.2 Å². The SMILES string of the molecule is Cc1sc(C(=O)S)cc1-c1csc(Nc2ccc(Oc3ccccc3)cc2)n1. The van der Waals surface area contributed by atoms with Crippen molar-refractivity contribution in [2.45, 2.75) is 6.92 Å². The first-order valence-corrected chi connectivity index (χ1v) is 10.6. The molecule has 7 heteroatoms. The normalized spacial score (nSPS) is 10.6. The van der Waals surface area contributed by atoms with Gasteiger partial charge in [-0.3, -0.25) is 4.79 Å². The van der Waals surface area contributed by atoms with Crippen LogP contribution in [0.5, 0.6) is 11.5 Å². The van der Waals surface area contributed by atoms with Gasteiger partial charge in [0.25, 0.3) is 0 Å². The van der Waals surface area contributed by atoms with E-state index in [1.807, 2.05) is 73.0 Å². The van der Waals surface area contributed by atoms with Crippen molar-refractivity contribution in [1.82, 2.24) is 4.98 Å². The van der Waals surface area contributed by atoms with Gasteiger partial charge in [-0.1, -0.05) is 30.8 Å². The molecular weight excluding hydrogens is 408 g/mol. The predicted molar refractivity (Wildman–Crippen MR) is 120 cm³/mol. The molecule has 0 unspecified atom stereocenters. The average Bonchev–Trinajstić information content (AvgIpc) is 3.31. The lowest BCUT2D eigenvalue weighted by atomic mass is 10.2. The number of benzene rings is 2. The van der Waals surface area contributed by atoms with Gasteiger partial charge in [0.2, 0.25) is 5.12 Å². The number of aromatic nitrogens is 1. The number of hydrogen-bond donors (Lipinski definition) is 2. The summed E-state index contributed by atoms with van der Waals surface area (Å²) >= 11 is 6.86. The maximum Gasteiger partial charge on any atom is 0.226 e. The van der Waals surface area contributed by atoms with E-state index >= 15 is 0 Å². The van der Waals surface area contributed by atoms with Gasteiger partial charge >= 0.3 is 0 Å². The Hall–Kier alpha value is -2.61. The summed E-state index contributed by atoms with van der Waals surface area (Å²) in [6, 6.07) is 19.3. The molecule has 4 rings (SSSR count). The van der Waals surface area contributed by atoms with Crippen LogP contribution in [0.15, 0.2) is 66.0 Å². The third-order valence-corrected chi connectivity index (χ3v) is 6.19. The molecule has 0 aliphatic heterocycles. The number of thiophene rings is 1. The van der Waals surface area contributed by atoms with Crippen LogP contribution in [-0.2, 0) is 0 Å². The number of nitrogens with zero attached hydrogens (tertiary/aromatic N) is 1. The summed E-state index contributed by atoms with van der Waals surface area (Å²) in [4.78, 5) is 17.8. The minimum Gasteiger partial charge on any atom is -0.457 e. The second-order valence-electron chi connectivity index (χ2n) is 5.99. The molecule has 0 radical (unpaired) electrons. The van der Waals surface area contributed by atoms with Crippen LogP contribution in [0.2, 0.25) is 0 Å². The summed E-state index contributed by atoms with van der Waals surface area (Å²) < 4.78 is 5.81. The Morgan fingerprint density at radius 1 is 1.07 bits per heavy atom. The van der Waals surface area contributed by atoms with Crippen LogP contribution in [0.25, 0.3) is 11.3 Å². The first kappa shape index (κ1) is 18.7. The molecule has 0 saturated carbocycles. The smallest absolute Gasteiger partial charge is 0.226 e. The van der Waals surface area contributed by atoms with Crippen molar-refractivity contribution < 1.29 is 9.53 Å². The van der Waals surface area contributed by atoms with E-state index in [1.165, 1.54) is 22.7 Å². The number of para-hydroxylation sites is 1. The molecule has 0 amide bonds. The number of thiazole rings is 1. The Kier molecular flexibility index (Phi) is 5.47. The van der Waals surface area contributed by atoms with Gasteiger partial charge in [-0.25, -0.2) is 4.98 Å². The summed E-state index contributed by atoms with van der Waals surface area (Å²) in [7, 11) is 0.